The van der Waals surface area contributed by atoms with Crippen molar-refractivity contribution in [3.8, 4) is 11.4 Å². The SMILES string of the molecule is Clc1c(Nc2nnc(Cc3c[nH]c(-c4ccccc4)n3)s2)ccc2[nH]ncc12. The van der Waals surface area contributed by atoms with Crippen molar-refractivity contribution in [1.29, 1.82) is 0 Å². The van der Waals surface area contributed by atoms with E-state index in [0.717, 1.165) is 38.7 Å². The van der Waals surface area contributed by atoms with E-state index in [9.17, 15) is 0 Å². The van der Waals surface area contributed by atoms with Gasteiger partial charge in [0.1, 0.15) is 10.8 Å². The Morgan fingerprint density at radius 3 is 2.86 bits per heavy atom. The highest BCUT2D eigenvalue weighted by Gasteiger charge is 2.12. The number of aromatic nitrogens is 6. The van der Waals surface area contributed by atoms with Gasteiger partial charge in [0.25, 0.3) is 0 Å². The third-order valence-electron chi connectivity index (χ3n) is 4.28. The summed E-state index contributed by atoms with van der Waals surface area (Å²) in [7, 11) is 0. The molecule has 0 aliphatic rings. The van der Waals surface area contributed by atoms with Crippen molar-refractivity contribution in [2.24, 2.45) is 0 Å². The molecule has 0 aliphatic carbocycles. The lowest BCUT2D eigenvalue weighted by Gasteiger charge is -2.04. The third kappa shape index (κ3) is 3.23. The van der Waals surface area contributed by atoms with Crippen LogP contribution < -0.4 is 5.32 Å². The predicted octanol–water partition coefficient (Wildman–Crippen LogP) is 4.79. The summed E-state index contributed by atoms with van der Waals surface area (Å²) in [4.78, 5) is 7.86. The highest BCUT2D eigenvalue weighted by Crippen LogP contribution is 2.33. The van der Waals surface area contributed by atoms with Crippen molar-refractivity contribution < 1.29 is 0 Å². The second-order valence-corrected chi connectivity index (χ2v) is 7.61. The molecule has 7 nitrogen and oxygen atoms in total. The molecule has 2 aromatic carbocycles. The Morgan fingerprint density at radius 2 is 1.96 bits per heavy atom. The molecule has 3 heterocycles. The van der Waals surface area contributed by atoms with E-state index in [2.05, 4.69) is 35.7 Å². The van der Waals surface area contributed by atoms with Gasteiger partial charge in [-0.15, -0.1) is 10.2 Å². The molecular weight excluding hydrogens is 394 g/mol. The maximum atomic E-state index is 6.45. The summed E-state index contributed by atoms with van der Waals surface area (Å²) in [6.07, 6.45) is 4.22. The van der Waals surface area contributed by atoms with Gasteiger partial charge in [-0.25, -0.2) is 4.98 Å². The Bertz CT molecular complexity index is 1240. The summed E-state index contributed by atoms with van der Waals surface area (Å²) < 4.78 is 0. The number of hydrogen-bond acceptors (Lipinski definition) is 6. The first-order valence-corrected chi connectivity index (χ1v) is 9.76. The highest BCUT2D eigenvalue weighted by atomic mass is 35.5. The van der Waals surface area contributed by atoms with Gasteiger partial charge in [0.05, 0.1) is 28.1 Å². The Hall–Kier alpha value is -3.23. The third-order valence-corrected chi connectivity index (χ3v) is 5.52. The van der Waals surface area contributed by atoms with Gasteiger partial charge < -0.3 is 10.3 Å². The van der Waals surface area contributed by atoms with Crippen LogP contribution in [0.4, 0.5) is 10.8 Å². The molecular formula is C19H14ClN7S. The van der Waals surface area contributed by atoms with Crippen LogP contribution in [0.1, 0.15) is 10.7 Å². The first kappa shape index (κ1) is 16.9. The molecule has 0 unspecified atom stereocenters. The summed E-state index contributed by atoms with van der Waals surface area (Å²) in [6, 6.07) is 13.8. The number of hydrogen-bond donors (Lipinski definition) is 3. The molecule has 0 spiro atoms. The molecule has 0 fully saturated rings. The van der Waals surface area contributed by atoms with E-state index in [-0.39, 0.29) is 0 Å². The fourth-order valence-electron chi connectivity index (χ4n) is 2.92. The first-order valence-electron chi connectivity index (χ1n) is 8.57. The van der Waals surface area contributed by atoms with Gasteiger partial charge in [0, 0.05) is 23.6 Å². The topological polar surface area (TPSA) is 95.2 Å². The smallest absolute Gasteiger partial charge is 0.210 e. The molecule has 3 aromatic heterocycles. The van der Waals surface area contributed by atoms with Crippen LogP contribution in [-0.2, 0) is 6.42 Å². The maximum Gasteiger partial charge on any atom is 0.210 e. The minimum absolute atomic E-state index is 0.600. The normalized spacial score (nSPS) is 11.2. The molecule has 0 atom stereocenters. The lowest BCUT2D eigenvalue weighted by atomic mass is 10.2. The number of halogens is 1. The monoisotopic (exact) mass is 407 g/mol. The number of nitrogens with one attached hydrogen (secondary N) is 3. The van der Waals surface area contributed by atoms with Gasteiger partial charge in [-0.2, -0.15) is 5.10 Å². The van der Waals surface area contributed by atoms with Gasteiger partial charge >= 0.3 is 0 Å². The second kappa shape index (κ2) is 7.06. The first-order chi connectivity index (χ1) is 13.8. The molecule has 3 N–H and O–H groups in total. The molecule has 5 rings (SSSR count). The van der Waals surface area contributed by atoms with E-state index < -0.39 is 0 Å². The molecule has 0 radical (unpaired) electrons. The van der Waals surface area contributed by atoms with E-state index in [4.69, 9.17) is 11.6 Å². The number of imidazole rings is 1. The standard InChI is InChI=1S/C19H14ClN7S/c20-17-13-10-22-25-14(13)6-7-15(17)24-19-27-26-16(28-19)8-12-9-21-18(23-12)11-4-2-1-3-5-11/h1-7,9-10H,8H2,(H,21,23)(H,22,25)(H,24,27). The van der Waals surface area contributed by atoms with Gasteiger partial charge in [0.2, 0.25) is 5.13 Å². The average Bonchev–Trinajstić information content (AvgIpc) is 3.46. The minimum Gasteiger partial charge on any atom is -0.344 e. The number of fused-ring (bicyclic) bond motifs is 1. The van der Waals surface area contributed by atoms with Crippen LogP contribution in [0, 0.1) is 0 Å². The van der Waals surface area contributed by atoms with Crippen LogP contribution in [0.3, 0.4) is 0 Å². The van der Waals surface area contributed by atoms with Crippen molar-refractivity contribution in [1.82, 2.24) is 30.4 Å². The van der Waals surface area contributed by atoms with Crippen LogP contribution in [0.5, 0.6) is 0 Å². The van der Waals surface area contributed by atoms with Crippen LogP contribution in [0.25, 0.3) is 22.3 Å². The summed E-state index contributed by atoms with van der Waals surface area (Å²) >= 11 is 7.92. The summed E-state index contributed by atoms with van der Waals surface area (Å²) in [5.41, 5.74) is 3.63. The number of aromatic amines is 2. The van der Waals surface area contributed by atoms with Crippen molar-refractivity contribution in [3.05, 3.63) is 70.6 Å². The molecule has 0 saturated heterocycles. The van der Waals surface area contributed by atoms with Crippen LogP contribution >= 0.6 is 22.9 Å². The summed E-state index contributed by atoms with van der Waals surface area (Å²) in [5, 5.41) is 21.6. The zero-order valence-corrected chi connectivity index (χ0v) is 16.1. The molecule has 0 saturated carbocycles. The van der Waals surface area contributed by atoms with E-state index in [1.54, 1.807) is 6.20 Å². The van der Waals surface area contributed by atoms with Crippen LogP contribution in [0.15, 0.2) is 54.9 Å². The lowest BCUT2D eigenvalue weighted by molar-refractivity contribution is 0.987. The van der Waals surface area contributed by atoms with Crippen LogP contribution in [0.2, 0.25) is 5.02 Å². The number of nitrogens with zero attached hydrogens (tertiary/aromatic N) is 4. The summed E-state index contributed by atoms with van der Waals surface area (Å²) in [6.45, 7) is 0. The van der Waals surface area contributed by atoms with Gasteiger partial charge in [0.15, 0.2) is 0 Å². The molecule has 0 bridgehead atoms. The fraction of sp³-hybridized carbons (Fsp3) is 0.0526. The Balaban J connectivity index is 1.32. The Labute approximate surface area is 168 Å². The molecule has 28 heavy (non-hydrogen) atoms. The molecule has 0 aliphatic heterocycles. The van der Waals surface area contributed by atoms with E-state index in [1.807, 2.05) is 48.7 Å². The van der Waals surface area contributed by atoms with Crippen molar-refractivity contribution in [2.75, 3.05) is 5.32 Å². The number of anilines is 2. The van der Waals surface area contributed by atoms with Crippen molar-refractivity contribution in [2.45, 2.75) is 6.42 Å². The molecule has 5 aromatic rings. The largest absolute Gasteiger partial charge is 0.344 e. The molecule has 138 valence electrons. The van der Waals surface area contributed by atoms with E-state index in [1.165, 1.54) is 11.3 Å². The Kier molecular flexibility index (Phi) is 4.27. The van der Waals surface area contributed by atoms with E-state index in [0.29, 0.717) is 16.6 Å². The van der Waals surface area contributed by atoms with Gasteiger partial charge in [-0.3, -0.25) is 5.10 Å². The minimum atomic E-state index is 0.600. The fourth-order valence-corrected chi connectivity index (χ4v) is 3.95. The summed E-state index contributed by atoms with van der Waals surface area (Å²) in [5.74, 6) is 0.846. The molecule has 9 heteroatoms. The number of benzene rings is 2. The van der Waals surface area contributed by atoms with Crippen molar-refractivity contribution in [3.63, 3.8) is 0 Å². The van der Waals surface area contributed by atoms with Gasteiger partial charge in [-0.05, 0) is 12.1 Å². The van der Waals surface area contributed by atoms with Gasteiger partial charge in [-0.1, -0.05) is 53.3 Å². The lowest BCUT2D eigenvalue weighted by Crippen LogP contribution is -1.90. The Morgan fingerprint density at radius 1 is 1.07 bits per heavy atom. The van der Waals surface area contributed by atoms with Crippen LogP contribution in [-0.4, -0.2) is 30.4 Å². The quantitative estimate of drug-likeness (QED) is 0.389. The number of rotatable bonds is 5. The zero-order valence-electron chi connectivity index (χ0n) is 14.5. The maximum absolute atomic E-state index is 6.45. The zero-order chi connectivity index (χ0) is 18.9. The van der Waals surface area contributed by atoms with E-state index >= 15 is 0 Å². The second-order valence-electron chi connectivity index (χ2n) is 6.17. The predicted molar refractivity (Wildman–Crippen MR) is 111 cm³/mol. The van der Waals surface area contributed by atoms with Crippen molar-refractivity contribution >= 4 is 44.7 Å². The number of H-pyrrole nitrogens is 2. The molecule has 0 amide bonds. The average molecular weight is 408 g/mol. The highest BCUT2D eigenvalue weighted by molar-refractivity contribution is 7.15.